The van der Waals surface area contributed by atoms with E-state index < -0.39 is 0 Å². The number of rotatable bonds is 7. The summed E-state index contributed by atoms with van der Waals surface area (Å²) in [5.41, 5.74) is 3.21. The second-order valence-electron chi connectivity index (χ2n) is 6.89. The van der Waals surface area contributed by atoms with Gasteiger partial charge in [0.15, 0.2) is 0 Å². The smallest absolute Gasteiger partial charge is 0.229 e. The predicted molar refractivity (Wildman–Crippen MR) is 116 cm³/mol. The quantitative estimate of drug-likeness (QED) is 0.524. The fourth-order valence-corrected chi connectivity index (χ4v) is 2.72. The van der Waals surface area contributed by atoms with Crippen LogP contribution in [0.3, 0.4) is 0 Å². The Morgan fingerprint density at radius 3 is 2.34 bits per heavy atom. The minimum atomic E-state index is -0.106. The molecule has 0 unspecified atom stereocenters. The van der Waals surface area contributed by atoms with Crippen LogP contribution in [0.4, 0.5) is 28.8 Å². The van der Waals surface area contributed by atoms with Crippen LogP contribution in [-0.4, -0.2) is 22.0 Å². The number of anilines is 5. The number of aromatic nitrogens is 2. The monoisotopic (exact) mass is 391 g/mol. The molecule has 3 N–H and O–H groups in total. The van der Waals surface area contributed by atoms with E-state index in [0.29, 0.717) is 11.8 Å². The van der Waals surface area contributed by atoms with Gasteiger partial charge in [0.2, 0.25) is 11.9 Å². The number of nitrogens with zero attached hydrogens (tertiary/aromatic N) is 2. The molecule has 0 fully saturated rings. The lowest BCUT2D eigenvalue weighted by atomic mass is 10.2. The fourth-order valence-electron chi connectivity index (χ4n) is 2.72. The maximum atomic E-state index is 11.1. The van der Waals surface area contributed by atoms with E-state index in [-0.39, 0.29) is 12.0 Å². The Morgan fingerprint density at radius 1 is 0.966 bits per heavy atom. The summed E-state index contributed by atoms with van der Waals surface area (Å²) < 4.78 is 5.86. The zero-order valence-electron chi connectivity index (χ0n) is 17.0. The van der Waals surface area contributed by atoms with Crippen molar-refractivity contribution in [1.82, 2.24) is 9.97 Å². The molecule has 1 heterocycles. The van der Waals surface area contributed by atoms with E-state index in [9.17, 15) is 4.79 Å². The van der Waals surface area contributed by atoms with Crippen LogP contribution in [0.1, 0.15) is 26.5 Å². The molecule has 3 rings (SSSR count). The molecule has 0 spiro atoms. The Labute approximate surface area is 170 Å². The zero-order chi connectivity index (χ0) is 20.8. The highest BCUT2D eigenvalue weighted by molar-refractivity contribution is 5.88. The summed E-state index contributed by atoms with van der Waals surface area (Å²) in [6.07, 6.45) is 0.0720. The number of para-hydroxylation sites is 2. The number of hydrogen-bond acceptors (Lipinski definition) is 6. The van der Waals surface area contributed by atoms with E-state index in [0.717, 1.165) is 28.5 Å². The molecular weight excluding hydrogens is 366 g/mol. The third-order valence-corrected chi connectivity index (χ3v) is 3.83. The van der Waals surface area contributed by atoms with Gasteiger partial charge in [-0.25, -0.2) is 4.98 Å². The van der Waals surface area contributed by atoms with Crippen molar-refractivity contribution >= 4 is 34.7 Å². The van der Waals surface area contributed by atoms with Gasteiger partial charge in [0.05, 0.1) is 11.8 Å². The Hall–Kier alpha value is -3.61. The average molecular weight is 391 g/mol. The van der Waals surface area contributed by atoms with E-state index in [1.165, 1.54) is 6.92 Å². The van der Waals surface area contributed by atoms with Crippen molar-refractivity contribution in [1.29, 1.82) is 0 Å². The first-order valence-electron chi connectivity index (χ1n) is 9.42. The number of carbonyl (C=O) groups is 1. The Kier molecular flexibility index (Phi) is 6.29. The lowest BCUT2D eigenvalue weighted by Crippen LogP contribution is -2.08. The molecule has 1 amide bonds. The Balaban J connectivity index is 1.78. The number of ether oxygens (including phenoxy) is 1. The summed E-state index contributed by atoms with van der Waals surface area (Å²) in [6, 6.07) is 17.0. The number of aryl methyl sites for hydroxylation is 1. The van der Waals surface area contributed by atoms with Crippen molar-refractivity contribution in [3.63, 3.8) is 0 Å². The topological polar surface area (TPSA) is 88.2 Å². The molecule has 2 aromatic carbocycles. The molecule has 7 heteroatoms. The van der Waals surface area contributed by atoms with Crippen LogP contribution in [0.15, 0.2) is 54.6 Å². The summed E-state index contributed by atoms with van der Waals surface area (Å²) in [6.45, 7) is 7.37. The van der Waals surface area contributed by atoms with Crippen molar-refractivity contribution in [3.05, 3.63) is 60.3 Å². The van der Waals surface area contributed by atoms with Crippen LogP contribution in [0, 0.1) is 6.92 Å². The van der Waals surface area contributed by atoms with Crippen molar-refractivity contribution < 1.29 is 9.53 Å². The fraction of sp³-hybridized carbons (Fsp3) is 0.227. The van der Waals surface area contributed by atoms with E-state index in [1.807, 2.05) is 75.4 Å². The molecule has 0 radical (unpaired) electrons. The van der Waals surface area contributed by atoms with Crippen molar-refractivity contribution in [2.45, 2.75) is 33.8 Å². The molecule has 0 saturated carbocycles. The molecule has 0 atom stereocenters. The molecule has 1 aromatic heterocycles. The second kappa shape index (κ2) is 9.05. The van der Waals surface area contributed by atoms with Crippen LogP contribution in [0.25, 0.3) is 0 Å². The summed E-state index contributed by atoms with van der Waals surface area (Å²) in [5, 5.41) is 9.24. The van der Waals surface area contributed by atoms with Crippen LogP contribution in [-0.2, 0) is 4.79 Å². The maximum Gasteiger partial charge on any atom is 0.229 e. The van der Waals surface area contributed by atoms with Crippen LogP contribution in [0.2, 0.25) is 0 Å². The summed E-state index contributed by atoms with van der Waals surface area (Å²) in [4.78, 5) is 20.1. The molecule has 0 aliphatic rings. The average Bonchev–Trinajstić information content (AvgIpc) is 2.64. The summed E-state index contributed by atoms with van der Waals surface area (Å²) >= 11 is 0. The van der Waals surface area contributed by atoms with Gasteiger partial charge in [-0.1, -0.05) is 12.1 Å². The maximum absolute atomic E-state index is 11.1. The largest absolute Gasteiger partial charge is 0.489 e. The highest BCUT2D eigenvalue weighted by atomic mass is 16.5. The molecular formula is C22H25N5O2. The van der Waals surface area contributed by atoms with Gasteiger partial charge >= 0.3 is 0 Å². The molecule has 29 heavy (non-hydrogen) atoms. The van der Waals surface area contributed by atoms with E-state index >= 15 is 0 Å². The molecule has 0 saturated heterocycles. The van der Waals surface area contributed by atoms with Gasteiger partial charge in [0.1, 0.15) is 11.6 Å². The van der Waals surface area contributed by atoms with E-state index in [1.54, 1.807) is 0 Å². The Bertz CT molecular complexity index is 987. The highest BCUT2D eigenvalue weighted by Crippen LogP contribution is 2.28. The lowest BCUT2D eigenvalue weighted by molar-refractivity contribution is -0.114. The summed E-state index contributed by atoms with van der Waals surface area (Å²) in [7, 11) is 0. The number of hydrogen-bond donors (Lipinski definition) is 3. The summed E-state index contributed by atoms with van der Waals surface area (Å²) in [5.74, 6) is 1.80. The lowest BCUT2D eigenvalue weighted by Gasteiger charge is -2.16. The van der Waals surface area contributed by atoms with Gasteiger partial charge < -0.3 is 20.7 Å². The molecule has 0 bridgehead atoms. The minimum Gasteiger partial charge on any atom is -0.489 e. The molecule has 3 aromatic rings. The highest BCUT2D eigenvalue weighted by Gasteiger charge is 2.08. The van der Waals surface area contributed by atoms with Gasteiger partial charge in [-0.05, 0) is 57.2 Å². The minimum absolute atomic E-state index is 0.0720. The number of carbonyl (C=O) groups excluding carboxylic acids is 1. The standard InChI is InChI=1S/C22H25N5O2/c1-14(2)29-20-8-6-5-7-19(20)26-21-13-15(3)23-22(27-21)25-18-11-9-17(10-12-18)24-16(4)28/h5-14H,1-4H3,(H,24,28)(H2,23,25,26,27). The molecule has 0 aliphatic carbocycles. The van der Waals surface area contributed by atoms with Gasteiger partial charge in [0, 0.05) is 30.1 Å². The third kappa shape index (κ3) is 5.93. The normalized spacial score (nSPS) is 10.5. The molecule has 7 nitrogen and oxygen atoms in total. The Morgan fingerprint density at radius 2 is 1.66 bits per heavy atom. The van der Waals surface area contributed by atoms with Crippen molar-refractivity contribution in [2.75, 3.05) is 16.0 Å². The third-order valence-electron chi connectivity index (χ3n) is 3.83. The second-order valence-corrected chi connectivity index (χ2v) is 6.89. The zero-order valence-corrected chi connectivity index (χ0v) is 17.0. The SMILES string of the molecule is CC(=O)Nc1ccc(Nc2nc(C)cc(Nc3ccccc3OC(C)C)n2)cc1. The van der Waals surface area contributed by atoms with Gasteiger partial charge in [-0.2, -0.15) is 4.98 Å². The first-order valence-corrected chi connectivity index (χ1v) is 9.42. The first-order chi connectivity index (χ1) is 13.9. The van der Waals surface area contributed by atoms with Gasteiger partial charge in [0.25, 0.3) is 0 Å². The van der Waals surface area contributed by atoms with Crippen molar-refractivity contribution in [2.24, 2.45) is 0 Å². The van der Waals surface area contributed by atoms with E-state index in [2.05, 4.69) is 25.9 Å². The van der Waals surface area contributed by atoms with E-state index in [4.69, 9.17) is 4.74 Å². The number of benzene rings is 2. The number of amides is 1. The van der Waals surface area contributed by atoms with Gasteiger partial charge in [-0.3, -0.25) is 4.79 Å². The van der Waals surface area contributed by atoms with Gasteiger partial charge in [-0.15, -0.1) is 0 Å². The van der Waals surface area contributed by atoms with Crippen LogP contribution < -0.4 is 20.7 Å². The van der Waals surface area contributed by atoms with Crippen molar-refractivity contribution in [3.8, 4) is 5.75 Å². The van der Waals surface area contributed by atoms with Crippen LogP contribution >= 0.6 is 0 Å². The molecule has 150 valence electrons. The predicted octanol–water partition coefficient (Wildman–Crippen LogP) is 5.02. The van der Waals surface area contributed by atoms with Crippen LogP contribution in [0.5, 0.6) is 5.75 Å². The first kappa shape index (κ1) is 20.1. The number of nitrogens with one attached hydrogen (secondary N) is 3. The molecule has 0 aliphatic heterocycles.